The Hall–Kier alpha value is -1.22. The molecule has 1 aliphatic rings. The molecule has 1 atom stereocenters. The lowest BCUT2D eigenvalue weighted by Crippen LogP contribution is -2.19. The number of ketones is 1. The Labute approximate surface area is 83.8 Å². The van der Waals surface area contributed by atoms with Crippen molar-refractivity contribution in [2.45, 2.75) is 6.42 Å². The highest BCUT2D eigenvalue weighted by Crippen LogP contribution is 2.18. The quantitative estimate of drug-likeness (QED) is 0.657. The van der Waals surface area contributed by atoms with E-state index in [0.29, 0.717) is 0 Å². The highest BCUT2D eigenvalue weighted by Gasteiger charge is 2.26. The predicted molar refractivity (Wildman–Crippen MR) is 54.2 cm³/mol. The smallest absolute Gasteiger partial charge is 0.168 e. The van der Waals surface area contributed by atoms with Gasteiger partial charge in [-0.05, 0) is 32.1 Å². The minimum atomic E-state index is 0.171. The van der Waals surface area contributed by atoms with E-state index in [2.05, 4.69) is 16.9 Å². The van der Waals surface area contributed by atoms with Crippen molar-refractivity contribution in [3.63, 3.8) is 0 Å². The van der Waals surface area contributed by atoms with Crippen LogP contribution in [0.3, 0.4) is 0 Å². The van der Waals surface area contributed by atoms with E-state index in [0.717, 1.165) is 25.1 Å². The number of hydrogen-bond acceptors (Lipinski definition) is 3. The third-order valence-corrected chi connectivity index (χ3v) is 2.71. The van der Waals surface area contributed by atoms with E-state index < -0.39 is 0 Å². The van der Waals surface area contributed by atoms with Crippen LogP contribution in [0.5, 0.6) is 0 Å². The van der Waals surface area contributed by atoms with Crippen molar-refractivity contribution in [2.24, 2.45) is 5.92 Å². The standard InChI is InChI=1S/C11H14N2O/c1-13-6-4-10(8-13)11(14)9-3-2-5-12-7-9/h2-3,5,7,10H,4,6,8H2,1H3/t10-/m1/s1. The molecule has 0 unspecified atom stereocenters. The number of carbonyl (C=O) groups excluding carboxylic acids is 1. The molecule has 14 heavy (non-hydrogen) atoms. The zero-order valence-corrected chi connectivity index (χ0v) is 8.31. The molecule has 0 amide bonds. The summed E-state index contributed by atoms with van der Waals surface area (Å²) in [5.41, 5.74) is 0.743. The fourth-order valence-electron chi connectivity index (χ4n) is 1.89. The number of hydrogen-bond donors (Lipinski definition) is 0. The summed E-state index contributed by atoms with van der Waals surface area (Å²) in [4.78, 5) is 18.1. The summed E-state index contributed by atoms with van der Waals surface area (Å²) >= 11 is 0. The minimum absolute atomic E-state index is 0.171. The highest BCUT2D eigenvalue weighted by molar-refractivity contribution is 5.97. The molecule has 0 N–H and O–H groups in total. The second kappa shape index (κ2) is 3.88. The van der Waals surface area contributed by atoms with Crippen molar-refractivity contribution in [2.75, 3.05) is 20.1 Å². The van der Waals surface area contributed by atoms with E-state index in [1.54, 1.807) is 12.4 Å². The second-order valence-electron chi connectivity index (χ2n) is 3.85. The number of pyridine rings is 1. The first-order chi connectivity index (χ1) is 6.77. The Balaban J connectivity index is 2.10. The summed E-state index contributed by atoms with van der Waals surface area (Å²) < 4.78 is 0. The van der Waals surface area contributed by atoms with Crippen molar-refractivity contribution in [1.29, 1.82) is 0 Å². The van der Waals surface area contributed by atoms with Gasteiger partial charge in [0, 0.05) is 30.4 Å². The fourth-order valence-corrected chi connectivity index (χ4v) is 1.89. The van der Waals surface area contributed by atoms with E-state index in [-0.39, 0.29) is 11.7 Å². The molecule has 1 aromatic heterocycles. The van der Waals surface area contributed by atoms with Crippen LogP contribution in [0.2, 0.25) is 0 Å². The van der Waals surface area contributed by atoms with Gasteiger partial charge in [0.25, 0.3) is 0 Å². The van der Waals surface area contributed by atoms with Crippen molar-refractivity contribution in [1.82, 2.24) is 9.88 Å². The summed E-state index contributed by atoms with van der Waals surface area (Å²) in [7, 11) is 2.05. The Morgan fingerprint density at radius 1 is 1.64 bits per heavy atom. The van der Waals surface area contributed by atoms with Crippen LogP contribution >= 0.6 is 0 Å². The van der Waals surface area contributed by atoms with Crippen molar-refractivity contribution in [3.8, 4) is 0 Å². The number of likely N-dealkylation sites (tertiary alicyclic amines) is 1. The molecule has 0 saturated carbocycles. The van der Waals surface area contributed by atoms with Crippen LogP contribution in [0.4, 0.5) is 0 Å². The van der Waals surface area contributed by atoms with Gasteiger partial charge >= 0.3 is 0 Å². The summed E-state index contributed by atoms with van der Waals surface area (Å²) in [5.74, 6) is 0.409. The SMILES string of the molecule is CN1CC[C@@H](C(=O)c2cccnc2)C1. The lowest BCUT2D eigenvalue weighted by Gasteiger charge is -2.08. The normalized spacial score (nSPS) is 22.5. The van der Waals surface area contributed by atoms with Crippen LogP contribution in [0.25, 0.3) is 0 Å². The third kappa shape index (κ3) is 1.82. The molecular weight excluding hydrogens is 176 g/mol. The maximum atomic E-state index is 11.9. The Morgan fingerprint density at radius 2 is 2.50 bits per heavy atom. The largest absolute Gasteiger partial charge is 0.306 e. The summed E-state index contributed by atoms with van der Waals surface area (Å²) in [6, 6.07) is 3.65. The van der Waals surface area contributed by atoms with E-state index in [9.17, 15) is 4.79 Å². The molecule has 74 valence electrons. The van der Waals surface area contributed by atoms with Gasteiger partial charge in [-0.1, -0.05) is 0 Å². The molecule has 2 rings (SSSR count). The van der Waals surface area contributed by atoms with E-state index in [1.165, 1.54) is 0 Å². The number of aromatic nitrogens is 1. The first-order valence-corrected chi connectivity index (χ1v) is 4.90. The van der Waals surface area contributed by atoms with Gasteiger partial charge in [-0.25, -0.2) is 0 Å². The van der Waals surface area contributed by atoms with Gasteiger partial charge in [0.2, 0.25) is 0 Å². The molecular formula is C11H14N2O. The molecule has 1 aliphatic heterocycles. The Kier molecular flexibility index (Phi) is 2.59. The van der Waals surface area contributed by atoms with Gasteiger partial charge in [-0.15, -0.1) is 0 Å². The first kappa shape index (κ1) is 9.34. The molecule has 1 saturated heterocycles. The average molecular weight is 190 g/mol. The van der Waals surface area contributed by atoms with Crippen LogP contribution in [-0.4, -0.2) is 35.8 Å². The van der Waals surface area contributed by atoms with Crippen LogP contribution in [0.15, 0.2) is 24.5 Å². The molecule has 3 nitrogen and oxygen atoms in total. The van der Waals surface area contributed by atoms with Gasteiger partial charge in [0.1, 0.15) is 0 Å². The lowest BCUT2D eigenvalue weighted by molar-refractivity contribution is 0.0924. The maximum Gasteiger partial charge on any atom is 0.168 e. The molecule has 1 aromatic rings. The van der Waals surface area contributed by atoms with Gasteiger partial charge in [-0.2, -0.15) is 0 Å². The van der Waals surface area contributed by atoms with E-state index in [1.807, 2.05) is 12.1 Å². The maximum absolute atomic E-state index is 11.9. The van der Waals surface area contributed by atoms with Crippen LogP contribution in [-0.2, 0) is 0 Å². The number of Topliss-reactive ketones (excluding diaryl/α,β-unsaturated/α-hetero) is 1. The van der Waals surface area contributed by atoms with Gasteiger partial charge in [0.15, 0.2) is 5.78 Å². The number of carbonyl (C=O) groups is 1. The molecule has 0 aromatic carbocycles. The molecule has 1 fully saturated rings. The third-order valence-electron chi connectivity index (χ3n) is 2.71. The second-order valence-corrected chi connectivity index (χ2v) is 3.85. The molecule has 0 radical (unpaired) electrons. The molecule has 3 heteroatoms. The van der Waals surface area contributed by atoms with Gasteiger partial charge in [-0.3, -0.25) is 9.78 Å². The minimum Gasteiger partial charge on any atom is -0.306 e. The van der Waals surface area contributed by atoms with E-state index in [4.69, 9.17) is 0 Å². The molecule has 0 bridgehead atoms. The topological polar surface area (TPSA) is 33.2 Å². The first-order valence-electron chi connectivity index (χ1n) is 4.90. The van der Waals surface area contributed by atoms with Gasteiger partial charge < -0.3 is 4.90 Å². The Morgan fingerprint density at radius 3 is 3.07 bits per heavy atom. The van der Waals surface area contributed by atoms with Crippen LogP contribution in [0, 0.1) is 5.92 Å². The molecule has 0 aliphatic carbocycles. The van der Waals surface area contributed by atoms with Crippen LogP contribution in [0.1, 0.15) is 16.8 Å². The lowest BCUT2D eigenvalue weighted by atomic mass is 9.98. The van der Waals surface area contributed by atoms with Crippen molar-refractivity contribution >= 4 is 5.78 Å². The summed E-state index contributed by atoms with van der Waals surface area (Å²) in [5, 5.41) is 0. The predicted octanol–water partition coefficient (Wildman–Crippen LogP) is 1.22. The Bertz CT molecular complexity index is 323. The van der Waals surface area contributed by atoms with Crippen LogP contribution < -0.4 is 0 Å². The molecule has 2 heterocycles. The highest BCUT2D eigenvalue weighted by atomic mass is 16.1. The zero-order chi connectivity index (χ0) is 9.97. The number of nitrogens with zero attached hydrogens (tertiary/aromatic N) is 2. The molecule has 0 spiro atoms. The summed E-state index contributed by atoms with van der Waals surface area (Å²) in [6.45, 7) is 1.91. The number of rotatable bonds is 2. The van der Waals surface area contributed by atoms with E-state index >= 15 is 0 Å². The zero-order valence-electron chi connectivity index (χ0n) is 8.31. The summed E-state index contributed by atoms with van der Waals surface area (Å²) in [6.07, 6.45) is 4.32. The monoisotopic (exact) mass is 190 g/mol. The average Bonchev–Trinajstić information content (AvgIpc) is 2.65. The van der Waals surface area contributed by atoms with Crippen molar-refractivity contribution in [3.05, 3.63) is 30.1 Å². The van der Waals surface area contributed by atoms with Crippen molar-refractivity contribution < 1.29 is 4.79 Å². The van der Waals surface area contributed by atoms with Gasteiger partial charge in [0.05, 0.1) is 0 Å². The fraction of sp³-hybridized carbons (Fsp3) is 0.455.